The van der Waals surface area contributed by atoms with Crippen molar-refractivity contribution in [2.24, 2.45) is 0 Å². The second kappa shape index (κ2) is 6.88. The molecule has 1 aromatic rings. The first kappa shape index (κ1) is 13.5. The van der Waals surface area contributed by atoms with Crippen LogP contribution in [-0.2, 0) is 13.2 Å². The number of rotatable bonds is 5. The summed E-state index contributed by atoms with van der Waals surface area (Å²) in [5.74, 6) is 0. The topological polar surface area (TPSA) is 35.5 Å². The molecular formula is C15H24N2O. The molecule has 1 atom stereocenters. The van der Waals surface area contributed by atoms with Gasteiger partial charge in [-0.2, -0.15) is 0 Å². The van der Waals surface area contributed by atoms with Crippen LogP contribution in [0.4, 0.5) is 0 Å². The number of hydrogen-bond acceptors (Lipinski definition) is 3. The molecule has 1 aliphatic rings. The zero-order chi connectivity index (χ0) is 12.8. The molecule has 100 valence electrons. The number of aliphatic hydroxyl groups excluding tert-OH is 1. The van der Waals surface area contributed by atoms with E-state index in [4.69, 9.17) is 5.11 Å². The lowest BCUT2D eigenvalue weighted by molar-refractivity contribution is 0.181. The average molecular weight is 248 g/mol. The Balaban J connectivity index is 1.73. The van der Waals surface area contributed by atoms with Crippen LogP contribution in [0.25, 0.3) is 0 Å². The molecule has 2 N–H and O–H groups in total. The van der Waals surface area contributed by atoms with Crippen molar-refractivity contribution >= 4 is 0 Å². The van der Waals surface area contributed by atoms with Gasteiger partial charge in [0.25, 0.3) is 0 Å². The molecule has 1 unspecified atom stereocenters. The number of hydrogen-bond donors (Lipinski definition) is 2. The van der Waals surface area contributed by atoms with E-state index >= 15 is 0 Å². The Kier molecular flexibility index (Phi) is 5.17. The molecule has 18 heavy (non-hydrogen) atoms. The second-order valence-corrected chi connectivity index (χ2v) is 5.24. The molecule has 0 amide bonds. The molecule has 1 aliphatic heterocycles. The highest BCUT2D eigenvalue weighted by molar-refractivity contribution is 5.21. The van der Waals surface area contributed by atoms with Crippen molar-refractivity contribution in [2.75, 3.05) is 20.1 Å². The Morgan fingerprint density at radius 3 is 2.61 bits per heavy atom. The lowest BCUT2D eigenvalue weighted by atomic mass is 10.0. The SMILES string of the molecule is CN1CCCCC1CNCc1ccc(CO)cc1. The molecule has 0 aromatic heterocycles. The summed E-state index contributed by atoms with van der Waals surface area (Å²) in [6.45, 7) is 3.34. The minimum atomic E-state index is 0.126. The molecule has 0 bridgehead atoms. The quantitative estimate of drug-likeness (QED) is 0.833. The monoisotopic (exact) mass is 248 g/mol. The Morgan fingerprint density at radius 2 is 1.94 bits per heavy atom. The zero-order valence-electron chi connectivity index (χ0n) is 11.2. The second-order valence-electron chi connectivity index (χ2n) is 5.24. The zero-order valence-corrected chi connectivity index (χ0v) is 11.2. The molecule has 3 nitrogen and oxygen atoms in total. The van der Waals surface area contributed by atoms with Gasteiger partial charge < -0.3 is 15.3 Å². The Hall–Kier alpha value is -0.900. The van der Waals surface area contributed by atoms with Crippen LogP contribution in [0.15, 0.2) is 24.3 Å². The van der Waals surface area contributed by atoms with Gasteiger partial charge in [0.1, 0.15) is 0 Å². The molecule has 2 rings (SSSR count). The number of benzene rings is 1. The smallest absolute Gasteiger partial charge is 0.0681 e. The number of nitrogens with one attached hydrogen (secondary N) is 1. The average Bonchev–Trinajstić information content (AvgIpc) is 2.42. The summed E-state index contributed by atoms with van der Waals surface area (Å²) in [6, 6.07) is 8.84. The number of likely N-dealkylation sites (tertiary alicyclic amines) is 1. The minimum absolute atomic E-state index is 0.126. The van der Waals surface area contributed by atoms with E-state index in [9.17, 15) is 0 Å². The fourth-order valence-corrected chi connectivity index (χ4v) is 2.55. The molecule has 0 spiro atoms. The molecule has 1 fully saturated rings. The Labute approximate surface area is 110 Å². The van der Waals surface area contributed by atoms with Gasteiger partial charge in [-0.15, -0.1) is 0 Å². The van der Waals surface area contributed by atoms with Gasteiger partial charge in [0.2, 0.25) is 0 Å². The van der Waals surface area contributed by atoms with E-state index in [1.165, 1.54) is 31.4 Å². The standard InChI is InChI=1S/C15H24N2O/c1-17-9-3-2-4-15(17)11-16-10-13-5-7-14(12-18)8-6-13/h5-8,15-16,18H,2-4,9-12H2,1H3. The van der Waals surface area contributed by atoms with Gasteiger partial charge in [-0.3, -0.25) is 0 Å². The predicted molar refractivity (Wildman–Crippen MR) is 74.3 cm³/mol. The summed E-state index contributed by atoms with van der Waals surface area (Å²) < 4.78 is 0. The summed E-state index contributed by atoms with van der Waals surface area (Å²) in [6.07, 6.45) is 4.02. The van der Waals surface area contributed by atoms with E-state index in [0.29, 0.717) is 6.04 Å². The van der Waals surface area contributed by atoms with E-state index in [0.717, 1.165) is 18.7 Å². The molecule has 0 radical (unpaired) electrons. The number of nitrogens with zero attached hydrogens (tertiary/aromatic N) is 1. The van der Waals surface area contributed by atoms with E-state index in [1.54, 1.807) is 0 Å². The summed E-state index contributed by atoms with van der Waals surface area (Å²) in [7, 11) is 2.22. The lowest BCUT2D eigenvalue weighted by Gasteiger charge is -2.32. The maximum atomic E-state index is 8.98. The van der Waals surface area contributed by atoms with Gasteiger partial charge in [0.15, 0.2) is 0 Å². The van der Waals surface area contributed by atoms with Crippen LogP contribution in [-0.4, -0.2) is 36.2 Å². The lowest BCUT2D eigenvalue weighted by Crippen LogP contribution is -2.42. The van der Waals surface area contributed by atoms with Crippen LogP contribution >= 0.6 is 0 Å². The first-order chi connectivity index (χ1) is 8.79. The fraction of sp³-hybridized carbons (Fsp3) is 0.600. The summed E-state index contributed by atoms with van der Waals surface area (Å²) in [5, 5.41) is 12.5. The van der Waals surface area contributed by atoms with Gasteiger partial charge in [-0.1, -0.05) is 30.7 Å². The van der Waals surface area contributed by atoms with E-state index in [2.05, 4.69) is 29.4 Å². The maximum Gasteiger partial charge on any atom is 0.0681 e. The Bertz CT molecular complexity index is 350. The van der Waals surface area contributed by atoms with Gasteiger partial charge in [-0.05, 0) is 37.6 Å². The fourth-order valence-electron chi connectivity index (χ4n) is 2.55. The van der Waals surface area contributed by atoms with Crippen LogP contribution in [0.1, 0.15) is 30.4 Å². The van der Waals surface area contributed by atoms with Crippen molar-refractivity contribution < 1.29 is 5.11 Å². The molecule has 1 heterocycles. The van der Waals surface area contributed by atoms with Gasteiger partial charge in [0, 0.05) is 19.1 Å². The van der Waals surface area contributed by atoms with Crippen molar-refractivity contribution in [3.05, 3.63) is 35.4 Å². The third-order valence-corrected chi connectivity index (χ3v) is 3.84. The maximum absolute atomic E-state index is 8.98. The third kappa shape index (κ3) is 3.80. The van der Waals surface area contributed by atoms with Gasteiger partial charge in [0.05, 0.1) is 6.61 Å². The highest BCUT2D eigenvalue weighted by atomic mass is 16.3. The van der Waals surface area contributed by atoms with Crippen molar-refractivity contribution in [2.45, 2.75) is 38.5 Å². The van der Waals surface area contributed by atoms with Crippen molar-refractivity contribution in [3.63, 3.8) is 0 Å². The van der Waals surface area contributed by atoms with Crippen LogP contribution in [0.5, 0.6) is 0 Å². The highest BCUT2D eigenvalue weighted by Gasteiger charge is 2.17. The van der Waals surface area contributed by atoms with E-state index in [1.807, 2.05) is 12.1 Å². The van der Waals surface area contributed by atoms with Crippen LogP contribution in [0, 0.1) is 0 Å². The number of likely N-dealkylation sites (N-methyl/N-ethyl adjacent to an activating group) is 1. The summed E-state index contributed by atoms with van der Waals surface area (Å²) >= 11 is 0. The molecule has 3 heteroatoms. The number of aliphatic hydroxyl groups is 1. The van der Waals surface area contributed by atoms with E-state index < -0.39 is 0 Å². The van der Waals surface area contributed by atoms with Crippen LogP contribution in [0.2, 0.25) is 0 Å². The third-order valence-electron chi connectivity index (χ3n) is 3.84. The van der Waals surface area contributed by atoms with Gasteiger partial charge >= 0.3 is 0 Å². The largest absolute Gasteiger partial charge is 0.392 e. The van der Waals surface area contributed by atoms with Crippen molar-refractivity contribution in [1.82, 2.24) is 10.2 Å². The summed E-state index contributed by atoms with van der Waals surface area (Å²) in [5.41, 5.74) is 2.26. The van der Waals surface area contributed by atoms with Crippen molar-refractivity contribution in [3.8, 4) is 0 Å². The predicted octanol–water partition coefficient (Wildman–Crippen LogP) is 1.75. The highest BCUT2D eigenvalue weighted by Crippen LogP contribution is 2.14. The first-order valence-corrected chi connectivity index (χ1v) is 6.89. The molecule has 1 saturated heterocycles. The van der Waals surface area contributed by atoms with E-state index in [-0.39, 0.29) is 6.61 Å². The van der Waals surface area contributed by atoms with Crippen molar-refractivity contribution in [1.29, 1.82) is 0 Å². The normalized spacial score (nSPS) is 21.1. The molecule has 0 saturated carbocycles. The Morgan fingerprint density at radius 1 is 1.22 bits per heavy atom. The van der Waals surface area contributed by atoms with Crippen LogP contribution in [0.3, 0.4) is 0 Å². The van der Waals surface area contributed by atoms with Crippen LogP contribution < -0.4 is 5.32 Å². The molecular weight excluding hydrogens is 224 g/mol. The summed E-state index contributed by atoms with van der Waals surface area (Å²) in [4.78, 5) is 2.46. The number of piperidine rings is 1. The van der Waals surface area contributed by atoms with Gasteiger partial charge in [-0.25, -0.2) is 0 Å². The molecule has 0 aliphatic carbocycles. The first-order valence-electron chi connectivity index (χ1n) is 6.89. The molecule has 1 aromatic carbocycles. The minimum Gasteiger partial charge on any atom is -0.392 e.